The molecule has 0 spiro atoms. The first-order valence-electron chi connectivity index (χ1n) is 10.2. The molecule has 1 aromatic carbocycles. The van der Waals surface area contributed by atoms with Gasteiger partial charge in [-0.05, 0) is 49.4 Å². The number of likely N-dealkylation sites (tertiary alicyclic amines) is 1. The largest absolute Gasteiger partial charge is 0.352 e. The van der Waals surface area contributed by atoms with Crippen molar-refractivity contribution >= 4 is 28.1 Å². The minimum absolute atomic E-state index is 0.0486. The number of piperidine rings is 1. The number of amides is 1. The van der Waals surface area contributed by atoms with Crippen LogP contribution in [-0.4, -0.2) is 39.5 Å². The minimum atomic E-state index is -0.0486. The highest BCUT2D eigenvalue weighted by molar-refractivity contribution is 7.09. The molecule has 3 heterocycles. The van der Waals surface area contributed by atoms with E-state index in [9.17, 15) is 9.59 Å². The molecule has 2 aromatic heterocycles. The molecular formula is C22H26N4O2S. The molecule has 4 rings (SSSR count). The Balaban J connectivity index is 1.25. The number of carbonyl (C=O) groups excluding carboxylic acids is 1. The number of fused-ring (bicyclic) bond motifs is 1. The molecule has 152 valence electrons. The SMILES string of the molecule is O=C(CCCn1cnc2ccccc2c1=O)NC1CCCN(Cc2cccs2)C1. The average Bonchev–Trinajstić information content (AvgIpc) is 3.23. The van der Waals surface area contributed by atoms with Crippen molar-refractivity contribution in [3.8, 4) is 0 Å². The Hall–Kier alpha value is -2.51. The fourth-order valence-electron chi connectivity index (χ4n) is 3.92. The van der Waals surface area contributed by atoms with Crippen molar-refractivity contribution in [1.29, 1.82) is 0 Å². The number of hydrogen-bond acceptors (Lipinski definition) is 5. The summed E-state index contributed by atoms with van der Waals surface area (Å²) in [5.41, 5.74) is 0.656. The predicted molar refractivity (Wildman–Crippen MR) is 116 cm³/mol. The highest BCUT2D eigenvalue weighted by Crippen LogP contribution is 2.17. The number of rotatable bonds is 7. The molecule has 1 N–H and O–H groups in total. The van der Waals surface area contributed by atoms with Crippen LogP contribution in [0, 0.1) is 0 Å². The smallest absolute Gasteiger partial charge is 0.261 e. The molecular weight excluding hydrogens is 384 g/mol. The number of carbonyl (C=O) groups is 1. The van der Waals surface area contributed by atoms with E-state index in [4.69, 9.17) is 0 Å². The monoisotopic (exact) mass is 410 g/mol. The van der Waals surface area contributed by atoms with E-state index in [0.29, 0.717) is 30.3 Å². The van der Waals surface area contributed by atoms with Crippen LogP contribution in [0.3, 0.4) is 0 Å². The van der Waals surface area contributed by atoms with Gasteiger partial charge in [-0.3, -0.25) is 19.1 Å². The van der Waals surface area contributed by atoms with Crippen molar-refractivity contribution in [2.24, 2.45) is 0 Å². The zero-order chi connectivity index (χ0) is 20.1. The Morgan fingerprint density at radius 3 is 3.00 bits per heavy atom. The van der Waals surface area contributed by atoms with Gasteiger partial charge in [-0.25, -0.2) is 4.98 Å². The van der Waals surface area contributed by atoms with Crippen LogP contribution < -0.4 is 10.9 Å². The van der Waals surface area contributed by atoms with E-state index >= 15 is 0 Å². The van der Waals surface area contributed by atoms with Crippen LogP contribution in [0.15, 0.2) is 52.9 Å². The zero-order valence-corrected chi connectivity index (χ0v) is 17.2. The number of thiophene rings is 1. The third kappa shape index (κ3) is 5.10. The van der Waals surface area contributed by atoms with Crippen LogP contribution in [0.4, 0.5) is 0 Å². The third-order valence-electron chi connectivity index (χ3n) is 5.36. The van der Waals surface area contributed by atoms with Crippen LogP contribution in [-0.2, 0) is 17.9 Å². The van der Waals surface area contributed by atoms with Crippen LogP contribution in [0.2, 0.25) is 0 Å². The van der Waals surface area contributed by atoms with Gasteiger partial charge in [0.25, 0.3) is 5.56 Å². The second kappa shape index (κ2) is 9.33. The topological polar surface area (TPSA) is 67.2 Å². The maximum atomic E-state index is 12.5. The van der Waals surface area contributed by atoms with Gasteiger partial charge in [-0.15, -0.1) is 11.3 Å². The van der Waals surface area contributed by atoms with Crippen molar-refractivity contribution in [1.82, 2.24) is 19.8 Å². The van der Waals surface area contributed by atoms with Gasteiger partial charge in [0.05, 0.1) is 17.2 Å². The van der Waals surface area contributed by atoms with Crippen molar-refractivity contribution in [3.05, 3.63) is 63.3 Å². The molecule has 1 aliphatic rings. The van der Waals surface area contributed by atoms with E-state index in [1.54, 1.807) is 28.3 Å². The van der Waals surface area contributed by atoms with Gasteiger partial charge in [-0.2, -0.15) is 0 Å². The van der Waals surface area contributed by atoms with Crippen LogP contribution in [0.1, 0.15) is 30.6 Å². The van der Waals surface area contributed by atoms with Gasteiger partial charge in [0.15, 0.2) is 0 Å². The number of aromatic nitrogens is 2. The van der Waals surface area contributed by atoms with Gasteiger partial charge in [0.2, 0.25) is 5.91 Å². The Morgan fingerprint density at radius 2 is 2.14 bits per heavy atom. The van der Waals surface area contributed by atoms with E-state index in [1.165, 1.54) is 4.88 Å². The average molecular weight is 411 g/mol. The summed E-state index contributed by atoms with van der Waals surface area (Å²) >= 11 is 1.78. The van der Waals surface area contributed by atoms with Gasteiger partial charge >= 0.3 is 0 Å². The summed E-state index contributed by atoms with van der Waals surface area (Å²) in [5.74, 6) is 0.0646. The molecule has 1 amide bonds. The molecule has 7 heteroatoms. The van der Waals surface area contributed by atoms with Gasteiger partial charge in [-0.1, -0.05) is 18.2 Å². The van der Waals surface area contributed by atoms with Crippen molar-refractivity contribution in [2.75, 3.05) is 13.1 Å². The molecule has 0 aliphatic carbocycles. The van der Waals surface area contributed by atoms with Gasteiger partial charge < -0.3 is 5.32 Å². The Morgan fingerprint density at radius 1 is 1.24 bits per heavy atom. The highest BCUT2D eigenvalue weighted by atomic mass is 32.1. The van der Waals surface area contributed by atoms with Crippen LogP contribution in [0.25, 0.3) is 10.9 Å². The highest BCUT2D eigenvalue weighted by Gasteiger charge is 2.21. The molecule has 6 nitrogen and oxygen atoms in total. The first kappa shape index (κ1) is 19.8. The normalized spacial score (nSPS) is 17.4. The summed E-state index contributed by atoms with van der Waals surface area (Å²) in [4.78, 5) is 33.0. The minimum Gasteiger partial charge on any atom is -0.352 e. The lowest BCUT2D eigenvalue weighted by Gasteiger charge is -2.32. The summed E-state index contributed by atoms with van der Waals surface area (Å²) in [6, 6.07) is 11.8. The maximum absolute atomic E-state index is 12.5. The molecule has 1 aliphatic heterocycles. The summed E-state index contributed by atoms with van der Waals surface area (Å²) in [6.07, 6.45) is 4.75. The Kier molecular flexibility index (Phi) is 6.36. The maximum Gasteiger partial charge on any atom is 0.261 e. The first-order chi connectivity index (χ1) is 14.2. The number of benzene rings is 1. The summed E-state index contributed by atoms with van der Waals surface area (Å²) in [6.45, 7) is 3.45. The number of aryl methyl sites for hydroxylation is 1. The van der Waals surface area contributed by atoms with Gasteiger partial charge in [0.1, 0.15) is 0 Å². The zero-order valence-electron chi connectivity index (χ0n) is 16.4. The van der Waals surface area contributed by atoms with E-state index in [1.807, 2.05) is 18.2 Å². The lowest BCUT2D eigenvalue weighted by Crippen LogP contribution is -2.47. The fraction of sp³-hybridized carbons (Fsp3) is 0.409. The summed E-state index contributed by atoms with van der Waals surface area (Å²) in [7, 11) is 0. The molecule has 29 heavy (non-hydrogen) atoms. The lowest BCUT2D eigenvalue weighted by atomic mass is 10.1. The second-order valence-corrected chi connectivity index (χ2v) is 8.62. The van der Waals surface area contributed by atoms with E-state index in [-0.39, 0.29) is 17.5 Å². The summed E-state index contributed by atoms with van der Waals surface area (Å²) < 4.78 is 1.60. The third-order valence-corrected chi connectivity index (χ3v) is 6.23. The molecule has 1 unspecified atom stereocenters. The number of para-hydroxylation sites is 1. The predicted octanol–water partition coefficient (Wildman–Crippen LogP) is 3.02. The number of nitrogens with one attached hydrogen (secondary N) is 1. The van der Waals surface area contributed by atoms with Crippen molar-refractivity contribution in [2.45, 2.75) is 44.8 Å². The second-order valence-electron chi connectivity index (χ2n) is 7.58. The molecule has 1 atom stereocenters. The first-order valence-corrected chi connectivity index (χ1v) is 11.1. The fourth-order valence-corrected chi connectivity index (χ4v) is 4.66. The van der Waals surface area contributed by atoms with Crippen molar-refractivity contribution in [3.63, 3.8) is 0 Å². The molecule has 0 saturated carbocycles. The standard InChI is InChI=1S/C22H26N4O2S/c27-21(24-17-6-3-11-25(14-17)15-18-7-5-13-29-18)10-4-12-26-16-23-20-9-2-1-8-19(20)22(26)28/h1-2,5,7-9,13,16-17H,3-4,6,10-12,14-15H2,(H,24,27). The molecule has 1 fully saturated rings. The van der Waals surface area contributed by atoms with Gasteiger partial charge in [0, 0.05) is 37.0 Å². The Labute approximate surface area is 174 Å². The van der Waals surface area contributed by atoms with Crippen LogP contribution in [0.5, 0.6) is 0 Å². The molecule has 1 saturated heterocycles. The van der Waals surface area contributed by atoms with E-state index < -0.39 is 0 Å². The molecule has 3 aromatic rings. The van der Waals surface area contributed by atoms with Crippen LogP contribution >= 0.6 is 11.3 Å². The molecule has 0 bridgehead atoms. The number of nitrogens with zero attached hydrogens (tertiary/aromatic N) is 3. The Bertz CT molecular complexity index is 1020. The quantitative estimate of drug-likeness (QED) is 0.650. The molecule has 0 radical (unpaired) electrons. The lowest BCUT2D eigenvalue weighted by molar-refractivity contribution is -0.122. The van der Waals surface area contributed by atoms with E-state index in [0.717, 1.165) is 32.5 Å². The van der Waals surface area contributed by atoms with Crippen molar-refractivity contribution < 1.29 is 4.79 Å². The summed E-state index contributed by atoms with van der Waals surface area (Å²) in [5, 5.41) is 5.90. The van der Waals surface area contributed by atoms with E-state index in [2.05, 4.69) is 32.7 Å². The number of hydrogen-bond donors (Lipinski definition) is 1.